The van der Waals surface area contributed by atoms with E-state index in [0.29, 0.717) is 11.3 Å². The van der Waals surface area contributed by atoms with Crippen molar-refractivity contribution in [2.45, 2.75) is 31.0 Å². The highest BCUT2D eigenvalue weighted by Gasteiger charge is 2.33. The van der Waals surface area contributed by atoms with Crippen molar-refractivity contribution in [3.05, 3.63) is 51.4 Å². The fraction of sp³-hybridized carbons (Fsp3) is 0.333. The topological polar surface area (TPSA) is 98.8 Å². The minimum absolute atomic E-state index is 0.0434. The van der Waals surface area contributed by atoms with Gasteiger partial charge in [0.2, 0.25) is 0 Å². The standard InChI is InChI=1S/C18H21NO6S2/c1-10-8-6-7-9-13(10)12(3)19-27(22,23)18-14(16(20)24-4)11(2)15(26-18)17(21)25-5/h6-9,12,19H,1-5H3. The lowest BCUT2D eigenvalue weighted by atomic mass is 10.0. The van der Waals surface area contributed by atoms with Crippen molar-refractivity contribution >= 4 is 33.3 Å². The van der Waals surface area contributed by atoms with E-state index in [-0.39, 0.29) is 20.2 Å². The monoisotopic (exact) mass is 411 g/mol. The molecule has 0 saturated carbocycles. The zero-order valence-corrected chi connectivity index (χ0v) is 17.3. The Hall–Kier alpha value is -2.23. The van der Waals surface area contributed by atoms with Gasteiger partial charge in [-0.3, -0.25) is 0 Å². The minimum Gasteiger partial charge on any atom is -0.465 e. The van der Waals surface area contributed by atoms with E-state index in [1.165, 1.54) is 14.0 Å². The summed E-state index contributed by atoms with van der Waals surface area (Å²) in [4.78, 5) is 24.2. The van der Waals surface area contributed by atoms with Crippen LogP contribution in [0, 0.1) is 13.8 Å². The van der Waals surface area contributed by atoms with Crippen LogP contribution in [0.2, 0.25) is 0 Å². The van der Waals surface area contributed by atoms with E-state index in [4.69, 9.17) is 4.74 Å². The lowest BCUT2D eigenvalue weighted by Gasteiger charge is -2.16. The molecule has 2 rings (SSSR count). The largest absolute Gasteiger partial charge is 0.465 e. The molecule has 1 aromatic heterocycles. The van der Waals surface area contributed by atoms with Gasteiger partial charge in [0.15, 0.2) is 4.21 Å². The van der Waals surface area contributed by atoms with Crippen molar-refractivity contribution in [1.82, 2.24) is 4.72 Å². The molecular formula is C18H21NO6S2. The number of methoxy groups -OCH3 is 2. The molecule has 0 saturated heterocycles. The van der Waals surface area contributed by atoms with Crippen LogP contribution in [0.25, 0.3) is 0 Å². The van der Waals surface area contributed by atoms with Gasteiger partial charge >= 0.3 is 11.9 Å². The Balaban J connectivity index is 2.53. The molecule has 27 heavy (non-hydrogen) atoms. The zero-order chi connectivity index (χ0) is 20.4. The molecule has 7 nitrogen and oxygen atoms in total. The second kappa shape index (κ2) is 8.20. The second-order valence-electron chi connectivity index (χ2n) is 5.90. The molecular weight excluding hydrogens is 390 g/mol. The van der Waals surface area contributed by atoms with Crippen molar-refractivity contribution in [1.29, 1.82) is 0 Å². The van der Waals surface area contributed by atoms with Crippen molar-refractivity contribution in [2.24, 2.45) is 0 Å². The fourth-order valence-electron chi connectivity index (χ4n) is 2.72. The molecule has 0 radical (unpaired) electrons. The number of rotatable bonds is 6. The van der Waals surface area contributed by atoms with E-state index in [1.807, 2.05) is 31.2 Å². The molecule has 9 heteroatoms. The Labute approximate surface area is 162 Å². The lowest BCUT2D eigenvalue weighted by Crippen LogP contribution is -2.28. The molecule has 0 aliphatic heterocycles. The first-order valence-corrected chi connectivity index (χ1v) is 10.3. The van der Waals surface area contributed by atoms with Crippen molar-refractivity contribution in [2.75, 3.05) is 14.2 Å². The maximum Gasteiger partial charge on any atom is 0.348 e. The molecule has 1 aromatic carbocycles. The van der Waals surface area contributed by atoms with E-state index >= 15 is 0 Å². The number of sulfonamides is 1. The molecule has 0 spiro atoms. The number of carbonyl (C=O) groups excluding carboxylic acids is 2. The predicted octanol–water partition coefficient (Wildman–Crippen LogP) is 2.98. The molecule has 1 unspecified atom stereocenters. The summed E-state index contributed by atoms with van der Waals surface area (Å²) in [6, 6.07) is 6.84. The summed E-state index contributed by atoms with van der Waals surface area (Å²) in [5, 5.41) is 0. The molecule has 0 aliphatic carbocycles. The molecule has 146 valence electrons. The summed E-state index contributed by atoms with van der Waals surface area (Å²) < 4.78 is 37.7. The molecule has 0 amide bonds. The number of esters is 2. The highest BCUT2D eigenvalue weighted by atomic mass is 32.2. The van der Waals surface area contributed by atoms with Crippen LogP contribution < -0.4 is 4.72 Å². The smallest absolute Gasteiger partial charge is 0.348 e. The maximum atomic E-state index is 13.0. The summed E-state index contributed by atoms with van der Waals surface area (Å²) >= 11 is 0.685. The van der Waals surface area contributed by atoms with Crippen LogP contribution in [0.1, 0.15) is 49.7 Å². The summed E-state index contributed by atoms with van der Waals surface area (Å²) in [5.41, 5.74) is 1.79. The van der Waals surface area contributed by atoms with Crippen molar-refractivity contribution < 1.29 is 27.5 Å². The molecule has 0 fully saturated rings. The number of ether oxygens (including phenoxy) is 2. The molecule has 2 aromatic rings. The van der Waals surface area contributed by atoms with Gasteiger partial charge in [-0.1, -0.05) is 24.3 Å². The number of carbonyl (C=O) groups is 2. The predicted molar refractivity (Wildman–Crippen MR) is 102 cm³/mol. The SMILES string of the molecule is COC(=O)c1sc(S(=O)(=O)NC(C)c2ccccc2C)c(C(=O)OC)c1C. The van der Waals surface area contributed by atoms with E-state index in [1.54, 1.807) is 6.92 Å². The first-order chi connectivity index (χ1) is 12.6. The van der Waals surface area contributed by atoms with Crippen LogP contribution in [0.5, 0.6) is 0 Å². The third-order valence-corrected chi connectivity index (χ3v) is 7.44. The highest BCUT2D eigenvalue weighted by Crippen LogP contribution is 2.34. The van der Waals surface area contributed by atoms with E-state index in [9.17, 15) is 18.0 Å². The summed E-state index contributed by atoms with van der Waals surface area (Å²) in [6.45, 7) is 5.07. The van der Waals surface area contributed by atoms with Crippen LogP contribution in [0.15, 0.2) is 28.5 Å². The van der Waals surface area contributed by atoms with Crippen molar-refractivity contribution in [3.8, 4) is 0 Å². The van der Waals surface area contributed by atoms with Gasteiger partial charge in [0.05, 0.1) is 19.8 Å². The Bertz CT molecular complexity index is 978. The van der Waals surface area contributed by atoms with Gasteiger partial charge in [-0.2, -0.15) is 0 Å². The quantitative estimate of drug-likeness (QED) is 0.734. The molecule has 0 aliphatic rings. The average molecular weight is 412 g/mol. The van der Waals surface area contributed by atoms with Crippen LogP contribution in [0.4, 0.5) is 0 Å². The number of hydrogen-bond donors (Lipinski definition) is 1. The number of hydrogen-bond acceptors (Lipinski definition) is 7. The molecule has 1 heterocycles. The van der Waals surface area contributed by atoms with Gasteiger partial charge in [0, 0.05) is 6.04 Å². The van der Waals surface area contributed by atoms with Crippen LogP contribution >= 0.6 is 11.3 Å². The van der Waals surface area contributed by atoms with Gasteiger partial charge < -0.3 is 9.47 Å². The number of nitrogens with one attached hydrogen (secondary N) is 1. The number of thiophene rings is 1. The van der Waals surface area contributed by atoms with Gasteiger partial charge in [-0.05, 0) is 37.5 Å². The Kier molecular flexibility index (Phi) is 6.40. The van der Waals surface area contributed by atoms with Gasteiger partial charge in [-0.15, -0.1) is 11.3 Å². The summed E-state index contributed by atoms with van der Waals surface area (Å²) in [6.07, 6.45) is 0. The van der Waals surface area contributed by atoms with Gasteiger partial charge in [-0.25, -0.2) is 22.7 Å². The summed E-state index contributed by atoms with van der Waals surface area (Å²) in [7, 11) is -1.76. The van der Waals surface area contributed by atoms with Crippen LogP contribution in [-0.2, 0) is 19.5 Å². The summed E-state index contributed by atoms with van der Waals surface area (Å²) in [5.74, 6) is -1.54. The highest BCUT2D eigenvalue weighted by molar-refractivity contribution is 7.91. The van der Waals surface area contributed by atoms with Crippen LogP contribution in [0.3, 0.4) is 0 Å². The van der Waals surface area contributed by atoms with E-state index in [2.05, 4.69) is 9.46 Å². The second-order valence-corrected chi connectivity index (χ2v) is 8.83. The molecule has 1 N–H and O–H groups in total. The van der Waals surface area contributed by atoms with Crippen LogP contribution in [-0.4, -0.2) is 34.6 Å². The van der Waals surface area contributed by atoms with Crippen molar-refractivity contribution in [3.63, 3.8) is 0 Å². The molecule has 1 atom stereocenters. The maximum absolute atomic E-state index is 13.0. The minimum atomic E-state index is -4.09. The Morgan fingerprint density at radius 1 is 1.07 bits per heavy atom. The van der Waals surface area contributed by atoms with E-state index in [0.717, 1.165) is 18.2 Å². The Morgan fingerprint density at radius 3 is 2.22 bits per heavy atom. The fourth-order valence-corrected chi connectivity index (χ4v) is 5.71. The number of aryl methyl sites for hydroxylation is 1. The normalized spacial score (nSPS) is 12.5. The third kappa shape index (κ3) is 4.20. The number of benzene rings is 1. The van der Waals surface area contributed by atoms with Gasteiger partial charge in [0.25, 0.3) is 10.0 Å². The van der Waals surface area contributed by atoms with Gasteiger partial charge in [0.1, 0.15) is 4.88 Å². The zero-order valence-electron chi connectivity index (χ0n) is 15.7. The third-order valence-electron chi connectivity index (χ3n) is 4.11. The molecule has 0 bridgehead atoms. The Morgan fingerprint density at radius 2 is 1.67 bits per heavy atom. The average Bonchev–Trinajstić information content (AvgIpc) is 2.98. The first-order valence-electron chi connectivity index (χ1n) is 8.01. The van der Waals surface area contributed by atoms with E-state index < -0.39 is 28.0 Å². The lowest BCUT2D eigenvalue weighted by molar-refractivity contribution is 0.0596. The first kappa shape index (κ1) is 21.1.